The van der Waals surface area contributed by atoms with Gasteiger partial charge in [-0.15, -0.1) is 0 Å². The molecule has 2 fully saturated rings. The SMILES string of the molecule is COc1cc(C=O)ccc1OC1CC2CCC1C2. The summed E-state index contributed by atoms with van der Waals surface area (Å²) in [6.07, 6.45) is 6.31. The lowest BCUT2D eigenvalue weighted by Gasteiger charge is -2.24. The third-order valence-corrected chi connectivity index (χ3v) is 4.28. The van der Waals surface area contributed by atoms with Gasteiger partial charge < -0.3 is 9.47 Å². The molecule has 3 atom stereocenters. The summed E-state index contributed by atoms with van der Waals surface area (Å²) in [4.78, 5) is 10.7. The predicted molar refractivity (Wildman–Crippen MR) is 68.2 cm³/mol. The van der Waals surface area contributed by atoms with Crippen LogP contribution in [0.3, 0.4) is 0 Å². The van der Waals surface area contributed by atoms with Crippen LogP contribution in [0, 0.1) is 11.8 Å². The van der Waals surface area contributed by atoms with Crippen LogP contribution in [0.5, 0.6) is 11.5 Å². The number of ether oxygens (including phenoxy) is 2. The Hall–Kier alpha value is -1.51. The second-order valence-electron chi connectivity index (χ2n) is 5.36. The summed E-state index contributed by atoms with van der Waals surface area (Å²) in [6, 6.07) is 5.35. The fourth-order valence-corrected chi connectivity index (χ4v) is 3.35. The van der Waals surface area contributed by atoms with Crippen LogP contribution in [-0.4, -0.2) is 19.5 Å². The highest BCUT2D eigenvalue weighted by Crippen LogP contribution is 2.46. The van der Waals surface area contributed by atoms with Crippen LogP contribution < -0.4 is 9.47 Å². The van der Waals surface area contributed by atoms with Crippen molar-refractivity contribution in [3.05, 3.63) is 23.8 Å². The average Bonchev–Trinajstić information content (AvgIpc) is 3.01. The Morgan fingerprint density at radius 1 is 1.22 bits per heavy atom. The van der Waals surface area contributed by atoms with Gasteiger partial charge in [0.05, 0.1) is 7.11 Å². The molecule has 3 heteroatoms. The van der Waals surface area contributed by atoms with Crippen LogP contribution in [0.25, 0.3) is 0 Å². The van der Waals surface area contributed by atoms with Gasteiger partial charge in [-0.3, -0.25) is 4.79 Å². The monoisotopic (exact) mass is 246 g/mol. The zero-order valence-corrected chi connectivity index (χ0v) is 10.6. The van der Waals surface area contributed by atoms with Crippen molar-refractivity contribution in [3.63, 3.8) is 0 Å². The maximum Gasteiger partial charge on any atom is 0.161 e. The van der Waals surface area contributed by atoms with E-state index in [1.54, 1.807) is 19.2 Å². The standard InChI is InChI=1S/C15H18O3/c1-17-15-8-11(9-16)3-5-13(15)18-14-7-10-2-4-12(14)6-10/h3,5,8-10,12,14H,2,4,6-7H2,1H3. The first-order valence-corrected chi connectivity index (χ1v) is 6.60. The first-order valence-electron chi connectivity index (χ1n) is 6.60. The molecule has 2 bridgehead atoms. The number of carbonyl (C=O) groups excluding carboxylic acids is 1. The van der Waals surface area contributed by atoms with E-state index in [-0.39, 0.29) is 0 Å². The Kier molecular flexibility index (Phi) is 2.98. The first kappa shape index (κ1) is 11.6. The summed E-state index contributed by atoms with van der Waals surface area (Å²) in [6.45, 7) is 0. The van der Waals surface area contributed by atoms with Crippen LogP contribution in [-0.2, 0) is 0 Å². The van der Waals surface area contributed by atoms with Crippen molar-refractivity contribution >= 4 is 6.29 Å². The smallest absolute Gasteiger partial charge is 0.161 e. The Labute approximate surface area is 107 Å². The van der Waals surface area contributed by atoms with E-state index in [1.807, 2.05) is 6.07 Å². The Bertz CT molecular complexity index is 455. The van der Waals surface area contributed by atoms with E-state index in [4.69, 9.17) is 9.47 Å². The van der Waals surface area contributed by atoms with Gasteiger partial charge in [-0.25, -0.2) is 0 Å². The highest BCUT2D eigenvalue weighted by atomic mass is 16.5. The minimum Gasteiger partial charge on any atom is -0.493 e. The maximum absolute atomic E-state index is 10.7. The molecule has 96 valence electrons. The van der Waals surface area contributed by atoms with Crippen LogP contribution in [0.15, 0.2) is 18.2 Å². The van der Waals surface area contributed by atoms with E-state index in [1.165, 1.54) is 25.7 Å². The molecule has 2 aliphatic carbocycles. The molecule has 0 spiro atoms. The summed E-state index contributed by atoms with van der Waals surface area (Å²) in [5.74, 6) is 2.99. The predicted octanol–water partition coefficient (Wildman–Crippen LogP) is 3.08. The Morgan fingerprint density at radius 3 is 2.72 bits per heavy atom. The van der Waals surface area contributed by atoms with Gasteiger partial charge in [0.15, 0.2) is 11.5 Å². The molecule has 2 aliphatic rings. The van der Waals surface area contributed by atoms with E-state index in [9.17, 15) is 4.79 Å². The quantitative estimate of drug-likeness (QED) is 0.766. The van der Waals surface area contributed by atoms with Gasteiger partial charge in [0.2, 0.25) is 0 Å². The molecule has 0 N–H and O–H groups in total. The van der Waals surface area contributed by atoms with E-state index < -0.39 is 0 Å². The zero-order valence-electron chi connectivity index (χ0n) is 10.6. The number of hydrogen-bond acceptors (Lipinski definition) is 3. The molecule has 1 aromatic carbocycles. The van der Waals surface area contributed by atoms with Crippen LogP contribution >= 0.6 is 0 Å². The highest BCUT2D eigenvalue weighted by Gasteiger charge is 2.41. The molecule has 3 nitrogen and oxygen atoms in total. The third-order valence-electron chi connectivity index (χ3n) is 4.28. The average molecular weight is 246 g/mol. The van der Waals surface area contributed by atoms with Crippen molar-refractivity contribution in [2.45, 2.75) is 31.8 Å². The summed E-state index contributed by atoms with van der Waals surface area (Å²) in [5, 5.41) is 0. The van der Waals surface area contributed by atoms with Crippen molar-refractivity contribution in [2.24, 2.45) is 11.8 Å². The molecule has 3 unspecified atom stereocenters. The molecule has 0 aliphatic heterocycles. The van der Waals surface area contributed by atoms with Crippen molar-refractivity contribution in [1.29, 1.82) is 0 Å². The summed E-state index contributed by atoms with van der Waals surface area (Å²) < 4.78 is 11.4. The van der Waals surface area contributed by atoms with Crippen LogP contribution in [0.1, 0.15) is 36.0 Å². The van der Waals surface area contributed by atoms with Crippen molar-refractivity contribution in [2.75, 3.05) is 7.11 Å². The third kappa shape index (κ3) is 1.98. The van der Waals surface area contributed by atoms with Gasteiger partial charge >= 0.3 is 0 Å². The van der Waals surface area contributed by atoms with Gasteiger partial charge in [-0.2, -0.15) is 0 Å². The van der Waals surface area contributed by atoms with E-state index >= 15 is 0 Å². The summed E-state index contributed by atoms with van der Waals surface area (Å²) >= 11 is 0. The number of carbonyl (C=O) groups is 1. The minimum atomic E-state index is 0.333. The fraction of sp³-hybridized carbons (Fsp3) is 0.533. The highest BCUT2D eigenvalue weighted by molar-refractivity contribution is 5.76. The second-order valence-corrected chi connectivity index (χ2v) is 5.36. The van der Waals surface area contributed by atoms with Gasteiger partial charge in [0, 0.05) is 5.56 Å². The lowest BCUT2D eigenvalue weighted by Crippen LogP contribution is -2.23. The Balaban J connectivity index is 1.78. The molecule has 0 amide bonds. The van der Waals surface area contributed by atoms with Crippen LogP contribution in [0.2, 0.25) is 0 Å². The molecule has 0 radical (unpaired) electrons. The van der Waals surface area contributed by atoms with E-state index in [2.05, 4.69) is 0 Å². The summed E-state index contributed by atoms with van der Waals surface area (Å²) in [5.41, 5.74) is 0.618. The number of rotatable bonds is 4. The largest absolute Gasteiger partial charge is 0.493 e. The maximum atomic E-state index is 10.7. The number of methoxy groups -OCH3 is 1. The number of fused-ring (bicyclic) bond motifs is 2. The molecular formula is C15H18O3. The van der Waals surface area contributed by atoms with Gasteiger partial charge in [0.25, 0.3) is 0 Å². The molecular weight excluding hydrogens is 228 g/mol. The van der Waals surface area contributed by atoms with Gasteiger partial charge in [0.1, 0.15) is 12.4 Å². The van der Waals surface area contributed by atoms with Crippen molar-refractivity contribution in [1.82, 2.24) is 0 Å². The molecule has 0 aromatic heterocycles. The molecule has 18 heavy (non-hydrogen) atoms. The first-order chi connectivity index (χ1) is 8.80. The molecule has 0 heterocycles. The van der Waals surface area contributed by atoms with Gasteiger partial charge in [-0.1, -0.05) is 0 Å². The number of benzene rings is 1. The van der Waals surface area contributed by atoms with E-state index in [0.29, 0.717) is 23.3 Å². The molecule has 0 saturated heterocycles. The molecule has 3 rings (SSSR count). The topological polar surface area (TPSA) is 35.5 Å². The van der Waals surface area contributed by atoms with Crippen LogP contribution in [0.4, 0.5) is 0 Å². The fourth-order valence-electron chi connectivity index (χ4n) is 3.35. The van der Waals surface area contributed by atoms with Gasteiger partial charge in [-0.05, 0) is 55.7 Å². The van der Waals surface area contributed by atoms with E-state index in [0.717, 1.165) is 18.0 Å². The molecule has 1 aromatic rings. The zero-order chi connectivity index (χ0) is 12.5. The summed E-state index contributed by atoms with van der Waals surface area (Å²) in [7, 11) is 1.61. The lowest BCUT2D eigenvalue weighted by molar-refractivity contribution is 0.112. The molecule has 2 saturated carbocycles. The van der Waals surface area contributed by atoms with Crippen molar-refractivity contribution < 1.29 is 14.3 Å². The number of hydrogen-bond donors (Lipinski definition) is 0. The van der Waals surface area contributed by atoms with Crippen molar-refractivity contribution in [3.8, 4) is 11.5 Å². The number of aldehydes is 1. The lowest BCUT2D eigenvalue weighted by atomic mass is 9.98. The second kappa shape index (κ2) is 4.63. The minimum absolute atomic E-state index is 0.333. The Morgan fingerprint density at radius 2 is 2.11 bits per heavy atom. The normalized spacial score (nSPS) is 29.3.